The summed E-state index contributed by atoms with van der Waals surface area (Å²) in [6.07, 6.45) is 1.66. The number of imidazole rings is 1. The van der Waals surface area contributed by atoms with E-state index in [4.69, 9.17) is 15.1 Å². The summed E-state index contributed by atoms with van der Waals surface area (Å²) in [6.45, 7) is -0.0226. The van der Waals surface area contributed by atoms with E-state index in [1.165, 1.54) is 0 Å². The molecule has 1 heterocycles. The number of thioether (sulfide) groups is 1. The molecule has 1 aromatic carbocycles. The number of nitrogens with zero attached hydrogens (tertiary/aromatic N) is 3. The van der Waals surface area contributed by atoms with Crippen molar-refractivity contribution in [2.45, 2.75) is 17.5 Å². The lowest BCUT2D eigenvalue weighted by molar-refractivity contribution is 0.271. The van der Waals surface area contributed by atoms with E-state index in [9.17, 15) is 0 Å². The Bertz CT molecular complexity index is 646. The zero-order valence-electron chi connectivity index (χ0n) is 11.3. The van der Waals surface area contributed by atoms with Crippen molar-refractivity contribution in [3.05, 3.63) is 41.2 Å². The lowest BCUT2D eigenvalue weighted by Gasteiger charge is -2.06. The van der Waals surface area contributed by atoms with E-state index in [0.29, 0.717) is 17.1 Å². The fourth-order valence-electron chi connectivity index (χ4n) is 1.79. The molecule has 2 rings (SSSR count). The second-order valence-corrected chi connectivity index (χ2v) is 5.13. The average Bonchev–Trinajstić information content (AvgIpc) is 2.85. The molecular weight excluding hydrogens is 274 g/mol. The number of aromatic nitrogens is 2. The Hall–Kier alpha value is -1.97. The van der Waals surface area contributed by atoms with Crippen LogP contribution in [0.3, 0.4) is 0 Å². The molecule has 0 aliphatic heterocycles. The van der Waals surface area contributed by atoms with Gasteiger partial charge in [-0.2, -0.15) is 5.26 Å². The van der Waals surface area contributed by atoms with Crippen molar-refractivity contribution in [3.8, 4) is 11.8 Å². The van der Waals surface area contributed by atoms with Gasteiger partial charge in [-0.1, -0.05) is 17.8 Å². The molecule has 20 heavy (non-hydrogen) atoms. The van der Waals surface area contributed by atoms with Crippen LogP contribution >= 0.6 is 11.8 Å². The molecule has 5 nitrogen and oxygen atoms in total. The van der Waals surface area contributed by atoms with Crippen molar-refractivity contribution in [1.29, 1.82) is 5.26 Å². The summed E-state index contributed by atoms with van der Waals surface area (Å²) < 4.78 is 6.98. The predicted molar refractivity (Wildman–Crippen MR) is 76.4 cm³/mol. The van der Waals surface area contributed by atoms with Crippen LogP contribution in [0.5, 0.6) is 5.75 Å². The molecule has 1 aromatic heterocycles. The Balaban J connectivity index is 2.11. The van der Waals surface area contributed by atoms with Gasteiger partial charge in [-0.3, -0.25) is 0 Å². The van der Waals surface area contributed by atoms with Gasteiger partial charge >= 0.3 is 0 Å². The topological polar surface area (TPSA) is 71.1 Å². The van der Waals surface area contributed by atoms with Crippen molar-refractivity contribution in [3.63, 3.8) is 0 Å². The van der Waals surface area contributed by atoms with Gasteiger partial charge in [0.1, 0.15) is 11.8 Å². The van der Waals surface area contributed by atoms with Crippen molar-refractivity contribution in [1.82, 2.24) is 9.55 Å². The third-order valence-electron chi connectivity index (χ3n) is 2.96. The lowest BCUT2D eigenvalue weighted by atomic mass is 10.1. The molecule has 0 radical (unpaired) electrons. The minimum absolute atomic E-state index is 0.0226. The molecule has 2 aromatic rings. The number of hydrogen-bond donors (Lipinski definition) is 1. The number of ether oxygens (including phenoxy) is 1. The van der Waals surface area contributed by atoms with E-state index in [0.717, 1.165) is 16.4 Å². The SMILES string of the molecule is COc1ccc(CSc2ncc(CO)n2C)cc1C#N. The molecule has 0 bridgehead atoms. The van der Waals surface area contributed by atoms with E-state index >= 15 is 0 Å². The highest BCUT2D eigenvalue weighted by Crippen LogP contribution is 2.25. The second kappa shape index (κ2) is 6.46. The van der Waals surface area contributed by atoms with Gasteiger partial charge < -0.3 is 14.4 Å². The van der Waals surface area contributed by atoms with Gasteiger partial charge in [-0.15, -0.1) is 0 Å². The summed E-state index contributed by atoms with van der Waals surface area (Å²) in [7, 11) is 3.42. The summed E-state index contributed by atoms with van der Waals surface area (Å²) in [5.41, 5.74) is 2.34. The van der Waals surface area contributed by atoms with Crippen LogP contribution in [-0.4, -0.2) is 21.8 Å². The largest absolute Gasteiger partial charge is 0.495 e. The number of rotatable bonds is 5. The molecule has 0 atom stereocenters. The maximum absolute atomic E-state index is 9.12. The monoisotopic (exact) mass is 289 g/mol. The molecule has 6 heteroatoms. The maximum Gasteiger partial charge on any atom is 0.168 e. The fraction of sp³-hybridized carbons (Fsp3) is 0.286. The van der Waals surface area contributed by atoms with Crippen LogP contribution in [0.1, 0.15) is 16.8 Å². The molecule has 0 unspecified atom stereocenters. The Labute approximate surface area is 121 Å². The summed E-state index contributed by atoms with van der Waals surface area (Å²) >= 11 is 1.56. The highest BCUT2D eigenvalue weighted by Gasteiger charge is 2.08. The highest BCUT2D eigenvalue weighted by atomic mass is 32.2. The van der Waals surface area contributed by atoms with Gasteiger partial charge in [-0.25, -0.2) is 4.98 Å². The standard InChI is InChI=1S/C14H15N3O2S/c1-17-12(8-18)7-16-14(17)20-9-10-3-4-13(19-2)11(5-10)6-15/h3-5,7,18H,8-9H2,1-2H3. The first-order valence-electron chi connectivity index (χ1n) is 6.01. The molecule has 0 spiro atoms. The summed E-state index contributed by atoms with van der Waals surface area (Å²) in [6, 6.07) is 7.67. The summed E-state index contributed by atoms with van der Waals surface area (Å²) in [5.74, 6) is 1.29. The van der Waals surface area contributed by atoms with E-state index in [2.05, 4.69) is 11.1 Å². The van der Waals surface area contributed by atoms with E-state index in [1.54, 1.807) is 31.1 Å². The number of hydrogen-bond acceptors (Lipinski definition) is 5. The number of aliphatic hydroxyl groups excluding tert-OH is 1. The Kier molecular flexibility index (Phi) is 4.66. The van der Waals surface area contributed by atoms with Crippen LogP contribution in [0.15, 0.2) is 29.6 Å². The van der Waals surface area contributed by atoms with E-state index < -0.39 is 0 Å². The van der Waals surface area contributed by atoms with Crippen molar-refractivity contribution >= 4 is 11.8 Å². The van der Waals surface area contributed by atoms with Crippen LogP contribution < -0.4 is 4.74 Å². The van der Waals surface area contributed by atoms with Gasteiger partial charge in [0.2, 0.25) is 0 Å². The average molecular weight is 289 g/mol. The molecular formula is C14H15N3O2S. The van der Waals surface area contributed by atoms with Crippen LogP contribution in [0.25, 0.3) is 0 Å². The summed E-state index contributed by atoms with van der Waals surface area (Å²) in [4.78, 5) is 4.25. The first-order chi connectivity index (χ1) is 9.69. The molecule has 0 fully saturated rings. The first kappa shape index (κ1) is 14.4. The molecule has 0 saturated carbocycles. The molecule has 1 N–H and O–H groups in total. The van der Waals surface area contributed by atoms with E-state index in [1.807, 2.05) is 23.7 Å². The fourth-order valence-corrected chi connectivity index (χ4v) is 2.70. The first-order valence-corrected chi connectivity index (χ1v) is 6.99. The van der Waals surface area contributed by atoms with Gasteiger partial charge in [0.05, 0.1) is 31.2 Å². The third-order valence-corrected chi connectivity index (χ3v) is 4.07. The van der Waals surface area contributed by atoms with Crippen LogP contribution in [0.4, 0.5) is 0 Å². The molecule has 104 valence electrons. The number of methoxy groups -OCH3 is 1. The van der Waals surface area contributed by atoms with Crippen LogP contribution in [0, 0.1) is 11.3 Å². The molecule has 0 aliphatic rings. The zero-order valence-corrected chi connectivity index (χ0v) is 12.1. The van der Waals surface area contributed by atoms with Crippen molar-refractivity contribution in [2.24, 2.45) is 7.05 Å². The Morgan fingerprint density at radius 2 is 2.30 bits per heavy atom. The van der Waals surface area contributed by atoms with Gasteiger partial charge in [0.15, 0.2) is 5.16 Å². The number of nitriles is 1. The Morgan fingerprint density at radius 3 is 2.90 bits per heavy atom. The third kappa shape index (κ3) is 2.95. The van der Waals surface area contributed by atoms with Crippen LogP contribution in [-0.2, 0) is 19.4 Å². The Morgan fingerprint density at radius 1 is 1.50 bits per heavy atom. The quantitative estimate of drug-likeness (QED) is 0.853. The smallest absolute Gasteiger partial charge is 0.168 e. The normalized spacial score (nSPS) is 10.3. The van der Waals surface area contributed by atoms with E-state index in [-0.39, 0.29) is 6.61 Å². The minimum atomic E-state index is -0.0226. The second-order valence-electron chi connectivity index (χ2n) is 4.18. The van der Waals surface area contributed by atoms with Crippen molar-refractivity contribution in [2.75, 3.05) is 7.11 Å². The molecule has 0 amide bonds. The molecule has 0 aliphatic carbocycles. The minimum Gasteiger partial charge on any atom is -0.495 e. The highest BCUT2D eigenvalue weighted by molar-refractivity contribution is 7.98. The molecule has 0 saturated heterocycles. The lowest BCUT2D eigenvalue weighted by Crippen LogP contribution is -1.97. The maximum atomic E-state index is 9.12. The van der Waals surface area contributed by atoms with Gasteiger partial charge in [0.25, 0.3) is 0 Å². The zero-order chi connectivity index (χ0) is 14.5. The number of aliphatic hydroxyl groups is 1. The van der Waals surface area contributed by atoms with Crippen LogP contribution in [0.2, 0.25) is 0 Å². The van der Waals surface area contributed by atoms with Crippen molar-refractivity contribution < 1.29 is 9.84 Å². The predicted octanol–water partition coefficient (Wildman–Crippen LogP) is 2.08. The van der Waals surface area contributed by atoms with Gasteiger partial charge in [0, 0.05) is 12.8 Å². The summed E-state index contributed by atoms with van der Waals surface area (Å²) in [5, 5.41) is 19.0. The van der Waals surface area contributed by atoms with Gasteiger partial charge in [-0.05, 0) is 17.7 Å². The number of benzene rings is 1.